The number of ether oxygens (including phenoxy) is 2. The summed E-state index contributed by atoms with van der Waals surface area (Å²) in [6.45, 7) is 2.26. The van der Waals surface area contributed by atoms with Crippen LogP contribution in [0.2, 0.25) is 5.02 Å². The van der Waals surface area contributed by atoms with Crippen LogP contribution in [-0.4, -0.2) is 36.7 Å². The van der Waals surface area contributed by atoms with Crippen LogP contribution in [0.3, 0.4) is 0 Å². The fourth-order valence-corrected chi connectivity index (χ4v) is 5.00. The molecule has 1 aliphatic rings. The summed E-state index contributed by atoms with van der Waals surface area (Å²) in [5.74, 6) is 1.58. The van der Waals surface area contributed by atoms with E-state index in [1.165, 1.54) is 0 Å². The molecule has 6 nitrogen and oxygen atoms in total. The Morgan fingerprint density at radius 2 is 1.69 bits per heavy atom. The number of hydrogen-bond acceptors (Lipinski definition) is 5. The zero-order valence-electron chi connectivity index (χ0n) is 19.7. The van der Waals surface area contributed by atoms with Gasteiger partial charge in [-0.1, -0.05) is 65.3 Å². The highest BCUT2D eigenvalue weighted by Crippen LogP contribution is 2.43. The van der Waals surface area contributed by atoms with Crippen LogP contribution in [0.25, 0.3) is 11.3 Å². The topological polar surface area (TPSA) is 64.8 Å². The lowest BCUT2D eigenvalue weighted by Crippen LogP contribution is -2.41. The number of aryl methyl sites for hydroxylation is 1. The summed E-state index contributed by atoms with van der Waals surface area (Å²) in [6.07, 6.45) is 0.660. The van der Waals surface area contributed by atoms with Gasteiger partial charge in [0.25, 0.3) is 5.91 Å². The second-order valence-corrected chi connectivity index (χ2v) is 8.81. The van der Waals surface area contributed by atoms with E-state index in [0.29, 0.717) is 46.5 Å². The first-order valence-electron chi connectivity index (χ1n) is 11.3. The lowest BCUT2D eigenvalue weighted by Gasteiger charge is -2.38. The van der Waals surface area contributed by atoms with E-state index in [9.17, 15) is 4.79 Å². The minimum Gasteiger partial charge on any atom is -0.493 e. The fourth-order valence-electron chi connectivity index (χ4n) is 4.76. The summed E-state index contributed by atoms with van der Waals surface area (Å²) < 4.78 is 16.6. The molecule has 0 fully saturated rings. The van der Waals surface area contributed by atoms with Crippen molar-refractivity contribution in [3.05, 3.63) is 99.8 Å². The molecule has 1 amide bonds. The first kappa shape index (κ1) is 23.0. The van der Waals surface area contributed by atoms with Crippen molar-refractivity contribution in [2.24, 2.45) is 0 Å². The molecular weight excluding hydrogens is 464 g/mol. The van der Waals surface area contributed by atoms with Crippen molar-refractivity contribution in [1.29, 1.82) is 0 Å². The van der Waals surface area contributed by atoms with E-state index in [1.807, 2.05) is 71.6 Å². The zero-order chi connectivity index (χ0) is 24.5. The molecule has 0 saturated carbocycles. The highest BCUT2D eigenvalue weighted by Gasteiger charge is 2.37. The van der Waals surface area contributed by atoms with E-state index in [-0.39, 0.29) is 5.91 Å². The molecule has 1 aliphatic heterocycles. The molecule has 0 saturated heterocycles. The van der Waals surface area contributed by atoms with E-state index < -0.39 is 6.04 Å². The van der Waals surface area contributed by atoms with Crippen LogP contribution in [0.4, 0.5) is 0 Å². The highest BCUT2D eigenvalue weighted by molar-refractivity contribution is 6.31. The Bertz CT molecular complexity index is 1380. The van der Waals surface area contributed by atoms with Gasteiger partial charge in [0.1, 0.15) is 17.0 Å². The number of halogens is 1. The third-order valence-electron chi connectivity index (χ3n) is 6.46. The summed E-state index contributed by atoms with van der Waals surface area (Å²) in [5.41, 5.74) is 4.69. The van der Waals surface area contributed by atoms with Crippen molar-refractivity contribution in [3.8, 4) is 22.8 Å². The minimum atomic E-state index is -0.419. The van der Waals surface area contributed by atoms with Gasteiger partial charge in [0.05, 0.1) is 20.3 Å². The Morgan fingerprint density at radius 3 is 2.40 bits per heavy atom. The van der Waals surface area contributed by atoms with Gasteiger partial charge in [0, 0.05) is 17.1 Å². The number of aromatic nitrogens is 1. The van der Waals surface area contributed by atoms with Gasteiger partial charge < -0.3 is 18.9 Å². The Balaban J connectivity index is 1.67. The Labute approximate surface area is 209 Å². The van der Waals surface area contributed by atoms with Crippen LogP contribution >= 0.6 is 11.6 Å². The number of benzene rings is 3. The molecule has 0 bridgehead atoms. The average Bonchev–Trinajstić information content (AvgIpc) is 3.28. The number of carbonyl (C=O) groups is 1. The third-order valence-corrected chi connectivity index (χ3v) is 6.80. The van der Waals surface area contributed by atoms with Crippen molar-refractivity contribution < 1.29 is 18.8 Å². The molecular formula is C28H25ClN2O4. The van der Waals surface area contributed by atoms with Crippen LogP contribution < -0.4 is 9.47 Å². The second kappa shape index (κ2) is 9.47. The summed E-state index contributed by atoms with van der Waals surface area (Å²) in [7, 11) is 3.22. The Kier molecular flexibility index (Phi) is 6.22. The largest absolute Gasteiger partial charge is 0.493 e. The molecule has 5 rings (SSSR count). The van der Waals surface area contributed by atoms with Gasteiger partial charge in [0.15, 0.2) is 11.5 Å². The molecule has 0 aliphatic carbocycles. The van der Waals surface area contributed by atoms with Gasteiger partial charge in [0.2, 0.25) is 0 Å². The van der Waals surface area contributed by atoms with Gasteiger partial charge in [-0.3, -0.25) is 4.79 Å². The van der Waals surface area contributed by atoms with Gasteiger partial charge in [-0.05, 0) is 48.2 Å². The maximum atomic E-state index is 14.2. The maximum Gasteiger partial charge on any atom is 0.260 e. The number of fused-ring (bicyclic) bond motifs is 1. The summed E-state index contributed by atoms with van der Waals surface area (Å²) in [6, 6.07) is 20.7. The molecule has 0 N–H and O–H groups in total. The van der Waals surface area contributed by atoms with Gasteiger partial charge in [-0.25, -0.2) is 0 Å². The minimum absolute atomic E-state index is 0.159. The fraction of sp³-hybridized carbons (Fsp3) is 0.214. The second-order valence-electron chi connectivity index (χ2n) is 8.41. The summed E-state index contributed by atoms with van der Waals surface area (Å²) in [4.78, 5) is 16.0. The van der Waals surface area contributed by atoms with Crippen molar-refractivity contribution in [2.75, 3.05) is 20.8 Å². The number of amides is 1. The van der Waals surface area contributed by atoms with E-state index in [2.05, 4.69) is 5.16 Å². The molecule has 4 aromatic rings. The van der Waals surface area contributed by atoms with E-state index in [0.717, 1.165) is 22.3 Å². The van der Waals surface area contributed by atoms with Crippen LogP contribution in [0.1, 0.15) is 38.9 Å². The average molecular weight is 489 g/mol. The molecule has 0 spiro atoms. The monoisotopic (exact) mass is 488 g/mol. The molecule has 178 valence electrons. The SMILES string of the molecule is COc1cc2c(cc1OC)[C@H](c1ccccc1Cl)N(C(=O)c1c(-c3ccccc3)noc1C)CC2. The number of hydrogen-bond donors (Lipinski definition) is 0. The van der Waals surface area contributed by atoms with Crippen LogP contribution in [-0.2, 0) is 6.42 Å². The number of rotatable bonds is 5. The zero-order valence-corrected chi connectivity index (χ0v) is 20.5. The van der Waals surface area contributed by atoms with Crippen molar-refractivity contribution in [1.82, 2.24) is 10.1 Å². The lowest BCUT2D eigenvalue weighted by molar-refractivity contribution is 0.0693. The molecule has 3 aromatic carbocycles. The molecule has 0 unspecified atom stereocenters. The van der Waals surface area contributed by atoms with Crippen molar-refractivity contribution >= 4 is 17.5 Å². The van der Waals surface area contributed by atoms with Crippen molar-refractivity contribution in [2.45, 2.75) is 19.4 Å². The maximum absolute atomic E-state index is 14.2. The van der Waals surface area contributed by atoms with E-state index in [4.69, 9.17) is 25.6 Å². The van der Waals surface area contributed by atoms with Crippen LogP contribution in [0.5, 0.6) is 11.5 Å². The number of methoxy groups -OCH3 is 2. The van der Waals surface area contributed by atoms with Gasteiger partial charge in [-0.2, -0.15) is 0 Å². The standard InChI is InChI=1S/C28H25ClN2O4/c1-17-25(26(30-35-17)18-9-5-4-6-10-18)28(32)31-14-13-19-15-23(33-2)24(34-3)16-21(19)27(31)20-11-7-8-12-22(20)29/h4-12,15-16,27H,13-14H2,1-3H3/t27-/m0/s1. The first-order chi connectivity index (χ1) is 17.0. The van der Waals surface area contributed by atoms with Crippen LogP contribution in [0, 0.1) is 6.92 Å². The van der Waals surface area contributed by atoms with Gasteiger partial charge >= 0.3 is 0 Å². The normalized spacial score (nSPS) is 15.0. The predicted octanol–water partition coefficient (Wildman–Crippen LogP) is 6.11. The molecule has 1 atom stereocenters. The number of nitrogens with zero attached hydrogens (tertiary/aromatic N) is 2. The smallest absolute Gasteiger partial charge is 0.260 e. The lowest BCUT2D eigenvalue weighted by atomic mass is 9.87. The van der Waals surface area contributed by atoms with Crippen LogP contribution in [0.15, 0.2) is 71.3 Å². The van der Waals surface area contributed by atoms with E-state index >= 15 is 0 Å². The molecule has 7 heteroatoms. The molecule has 2 heterocycles. The quantitative estimate of drug-likeness (QED) is 0.339. The summed E-state index contributed by atoms with van der Waals surface area (Å²) in [5, 5.41) is 4.81. The molecule has 35 heavy (non-hydrogen) atoms. The van der Waals surface area contributed by atoms with Gasteiger partial charge in [-0.15, -0.1) is 0 Å². The third kappa shape index (κ3) is 4.04. The predicted molar refractivity (Wildman–Crippen MR) is 134 cm³/mol. The molecule has 1 aromatic heterocycles. The highest BCUT2D eigenvalue weighted by atomic mass is 35.5. The first-order valence-corrected chi connectivity index (χ1v) is 11.7. The number of carbonyl (C=O) groups excluding carboxylic acids is 1. The molecule has 0 radical (unpaired) electrons. The van der Waals surface area contributed by atoms with Crippen molar-refractivity contribution in [3.63, 3.8) is 0 Å². The Hall–Kier alpha value is -3.77. The summed E-state index contributed by atoms with van der Waals surface area (Å²) >= 11 is 6.68. The Morgan fingerprint density at radius 1 is 1.00 bits per heavy atom. The van der Waals surface area contributed by atoms with E-state index in [1.54, 1.807) is 21.1 Å².